The molecule has 0 unspecified atom stereocenters. The Morgan fingerprint density at radius 2 is 1.87 bits per heavy atom. The molecule has 1 atom stereocenters. The van der Waals surface area contributed by atoms with Gasteiger partial charge >= 0.3 is 0 Å². The molecule has 0 aliphatic carbocycles. The highest BCUT2D eigenvalue weighted by Crippen LogP contribution is 2.32. The molecule has 162 valence electrons. The lowest BCUT2D eigenvalue weighted by molar-refractivity contribution is -0.136. The average molecular weight is 412 g/mol. The molecule has 0 spiro atoms. The van der Waals surface area contributed by atoms with Crippen molar-refractivity contribution in [1.82, 2.24) is 14.8 Å². The van der Waals surface area contributed by atoms with Crippen LogP contribution in [0.5, 0.6) is 5.75 Å². The van der Waals surface area contributed by atoms with E-state index in [1.54, 1.807) is 13.3 Å². The summed E-state index contributed by atoms with van der Waals surface area (Å²) in [6.45, 7) is 3.38. The molecule has 2 saturated heterocycles. The maximum Gasteiger partial charge on any atom is 0.237 e. The van der Waals surface area contributed by atoms with Crippen molar-refractivity contribution in [3.8, 4) is 5.75 Å². The van der Waals surface area contributed by atoms with Crippen LogP contribution in [-0.2, 0) is 11.2 Å². The van der Waals surface area contributed by atoms with Crippen LogP contribution in [0.4, 0.5) is 0 Å². The fraction of sp³-hybridized carbons (Fsp3) is 0.583. The number of carbonyl (C=O) groups excluding carboxylic acids is 1. The number of piperidine rings is 1. The Labute approximate surface area is 179 Å². The van der Waals surface area contributed by atoms with Gasteiger partial charge < -0.3 is 14.1 Å². The van der Waals surface area contributed by atoms with Gasteiger partial charge in [-0.1, -0.05) is 31.0 Å². The zero-order valence-corrected chi connectivity index (χ0v) is 18.0. The molecular weight excluding hydrogens is 378 g/mol. The Kier molecular flexibility index (Phi) is 7.05. The maximum atomic E-state index is 13.1. The van der Waals surface area contributed by atoms with Gasteiger partial charge in [0.2, 0.25) is 11.8 Å². The Balaban J connectivity index is 1.44. The van der Waals surface area contributed by atoms with Gasteiger partial charge in [-0.05, 0) is 51.3 Å². The van der Waals surface area contributed by atoms with Crippen LogP contribution in [0.15, 0.2) is 34.9 Å². The minimum Gasteiger partial charge on any atom is -0.496 e. The van der Waals surface area contributed by atoms with Crippen LogP contribution in [0.3, 0.4) is 0 Å². The quantitative estimate of drug-likeness (QED) is 0.713. The lowest BCUT2D eigenvalue weighted by Gasteiger charge is -2.35. The van der Waals surface area contributed by atoms with Gasteiger partial charge in [0, 0.05) is 18.5 Å². The molecule has 6 nitrogen and oxygen atoms in total. The number of hydrogen-bond acceptors (Lipinski definition) is 5. The number of methoxy groups -OCH3 is 1. The fourth-order valence-electron chi connectivity index (χ4n) is 4.66. The van der Waals surface area contributed by atoms with Crippen molar-refractivity contribution >= 4 is 5.91 Å². The maximum absolute atomic E-state index is 13.1. The molecule has 6 heteroatoms. The van der Waals surface area contributed by atoms with Crippen LogP contribution in [0, 0.1) is 0 Å². The number of amides is 1. The normalized spacial score (nSPS) is 20.7. The van der Waals surface area contributed by atoms with E-state index in [1.807, 2.05) is 29.2 Å². The Morgan fingerprint density at radius 3 is 2.67 bits per heavy atom. The number of para-hydroxylation sites is 1. The molecule has 0 radical (unpaired) electrons. The molecule has 2 aliphatic rings. The molecule has 2 aromatic rings. The van der Waals surface area contributed by atoms with Gasteiger partial charge in [-0.3, -0.25) is 9.69 Å². The van der Waals surface area contributed by atoms with Crippen LogP contribution >= 0.6 is 0 Å². The number of aromatic nitrogens is 1. The average Bonchev–Trinajstić information content (AvgIpc) is 3.09. The van der Waals surface area contributed by atoms with Crippen LogP contribution in [0.2, 0.25) is 0 Å². The van der Waals surface area contributed by atoms with E-state index in [0.29, 0.717) is 18.9 Å². The third-order valence-corrected chi connectivity index (χ3v) is 6.29. The predicted molar refractivity (Wildman–Crippen MR) is 116 cm³/mol. The number of rotatable bonds is 6. The molecule has 1 aromatic heterocycles. The summed E-state index contributed by atoms with van der Waals surface area (Å²) >= 11 is 0. The van der Waals surface area contributed by atoms with Crippen LogP contribution in [-0.4, -0.2) is 54.0 Å². The second-order valence-corrected chi connectivity index (χ2v) is 8.44. The lowest BCUT2D eigenvalue weighted by Crippen LogP contribution is -2.44. The zero-order valence-electron chi connectivity index (χ0n) is 18.0. The molecule has 30 heavy (non-hydrogen) atoms. The highest BCUT2D eigenvalue weighted by atomic mass is 16.5. The van der Waals surface area contributed by atoms with Gasteiger partial charge in [-0.2, -0.15) is 0 Å². The molecule has 0 saturated carbocycles. The second kappa shape index (κ2) is 10.1. The number of hydrogen-bond donors (Lipinski definition) is 0. The molecule has 1 aromatic carbocycles. The van der Waals surface area contributed by atoms with Gasteiger partial charge in [0.15, 0.2) is 0 Å². The minimum absolute atomic E-state index is 0.0513. The molecule has 2 aliphatic heterocycles. The van der Waals surface area contributed by atoms with Gasteiger partial charge in [0.25, 0.3) is 0 Å². The smallest absolute Gasteiger partial charge is 0.237 e. The van der Waals surface area contributed by atoms with Crippen LogP contribution in [0.25, 0.3) is 0 Å². The van der Waals surface area contributed by atoms with Crippen molar-refractivity contribution in [1.29, 1.82) is 0 Å². The van der Waals surface area contributed by atoms with Crippen molar-refractivity contribution in [3.05, 3.63) is 47.7 Å². The summed E-state index contributed by atoms with van der Waals surface area (Å²) in [5.74, 6) is 2.54. The highest BCUT2D eigenvalue weighted by Gasteiger charge is 2.32. The first-order valence-electron chi connectivity index (χ1n) is 11.3. The van der Waals surface area contributed by atoms with E-state index < -0.39 is 0 Å². The molecular formula is C24H33N3O3. The van der Waals surface area contributed by atoms with Crippen LogP contribution < -0.4 is 4.74 Å². The van der Waals surface area contributed by atoms with Gasteiger partial charge in [0.1, 0.15) is 17.6 Å². The van der Waals surface area contributed by atoms with E-state index in [0.717, 1.165) is 56.0 Å². The Morgan fingerprint density at radius 1 is 1.10 bits per heavy atom. The van der Waals surface area contributed by atoms with Crippen molar-refractivity contribution in [2.75, 3.05) is 33.3 Å². The van der Waals surface area contributed by atoms with Crippen molar-refractivity contribution in [2.24, 2.45) is 0 Å². The number of carbonyl (C=O) groups is 1. The number of oxazole rings is 1. The summed E-state index contributed by atoms with van der Waals surface area (Å²) in [6.07, 6.45) is 10.5. The van der Waals surface area contributed by atoms with Crippen molar-refractivity contribution in [3.63, 3.8) is 0 Å². The van der Waals surface area contributed by atoms with Crippen molar-refractivity contribution < 1.29 is 13.9 Å². The number of ether oxygens (including phenoxy) is 1. The summed E-state index contributed by atoms with van der Waals surface area (Å²) in [6, 6.07) is 7.91. The third-order valence-electron chi connectivity index (χ3n) is 6.29. The fourth-order valence-corrected chi connectivity index (χ4v) is 4.66. The monoisotopic (exact) mass is 411 g/mol. The Bertz CT molecular complexity index is 827. The largest absolute Gasteiger partial charge is 0.496 e. The van der Waals surface area contributed by atoms with Crippen molar-refractivity contribution in [2.45, 2.75) is 57.4 Å². The van der Waals surface area contributed by atoms with Gasteiger partial charge in [-0.25, -0.2) is 4.98 Å². The summed E-state index contributed by atoms with van der Waals surface area (Å²) in [7, 11) is 1.68. The van der Waals surface area contributed by atoms with E-state index in [1.165, 1.54) is 25.7 Å². The van der Waals surface area contributed by atoms with E-state index in [2.05, 4.69) is 9.88 Å². The Hall–Kier alpha value is -2.34. The molecule has 4 rings (SSSR count). The number of nitrogens with zero attached hydrogens (tertiary/aromatic N) is 3. The topological polar surface area (TPSA) is 58.8 Å². The number of benzene rings is 1. The predicted octanol–water partition coefficient (Wildman–Crippen LogP) is 4.20. The first kappa shape index (κ1) is 20.9. The summed E-state index contributed by atoms with van der Waals surface area (Å²) < 4.78 is 11.6. The summed E-state index contributed by atoms with van der Waals surface area (Å²) in [5.41, 5.74) is 1.07. The minimum atomic E-state index is -0.0513. The highest BCUT2D eigenvalue weighted by molar-refractivity contribution is 5.78. The van der Waals surface area contributed by atoms with E-state index in [-0.39, 0.29) is 11.9 Å². The molecule has 3 heterocycles. The van der Waals surface area contributed by atoms with Crippen LogP contribution in [0.1, 0.15) is 68.2 Å². The SMILES string of the molecule is COc1ccccc1Cc1cnc([C@H]2CCCCN2C(=O)CN2CCCCCC2)o1. The summed E-state index contributed by atoms with van der Waals surface area (Å²) in [5, 5.41) is 0. The van der Waals surface area contributed by atoms with E-state index >= 15 is 0 Å². The molecule has 2 fully saturated rings. The van der Waals surface area contributed by atoms with E-state index in [9.17, 15) is 4.79 Å². The summed E-state index contributed by atoms with van der Waals surface area (Å²) in [4.78, 5) is 22.0. The zero-order chi connectivity index (χ0) is 20.8. The first-order valence-corrected chi connectivity index (χ1v) is 11.3. The third kappa shape index (κ3) is 5.04. The van der Waals surface area contributed by atoms with Gasteiger partial charge in [-0.15, -0.1) is 0 Å². The van der Waals surface area contributed by atoms with E-state index in [4.69, 9.17) is 9.15 Å². The lowest BCUT2D eigenvalue weighted by atomic mass is 10.0. The molecule has 1 amide bonds. The van der Waals surface area contributed by atoms with Gasteiger partial charge in [0.05, 0.1) is 19.9 Å². The standard InChI is InChI=1S/C24H33N3O3/c1-29-22-12-5-4-10-19(22)16-20-17-25-24(30-20)21-11-6-9-15-27(21)23(28)18-26-13-7-2-3-8-14-26/h4-5,10,12,17,21H,2-3,6-9,11,13-16,18H2,1H3/t21-/m1/s1. The molecule has 0 N–H and O–H groups in total. The second-order valence-electron chi connectivity index (χ2n) is 8.44. The number of likely N-dealkylation sites (tertiary alicyclic amines) is 2. The molecule has 0 bridgehead atoms. The first-order chi connectivity index (χ1) is 14.7.